The van der Waals surface area contributed by atoms with Gasteiger partial charge in [0.2, 0.25) is 5.95 Å². The lowest BCUT2D eigenvalue weighted by molar-refractivity contribution is 0.868. The summed E-state index contributed by atoms with van der Waals surface area (Å²) >= 11 is 6.00. The smallest absolute Gasteiger partial charge is 0.219 e. The predicted molar refractivity (Wildman–Crippen MR) is 121 cm³/mol. The van der Waals surface area contributed by atoms with E-state index in [1.165, 1.54) is 0 Å². The van der Waals surface area contributed by atoms with Crippen LogP contribution in [0.15, 0.2) is 67.0 Å². The molecule has 0 fully saturated rings. The van der Waals surface area contributed by atoms with Gasteiger partial charge in [0, 0.05) is 40.7 Å². The van der Waals surface area contributed by atoms with E-state index in [0.717, 1.165) is 33.8 Å². The quantitative estimate of drug-likeness (QED) is 0.457. The van der Waals surface area contributed by atoms with E-state index in [9.17, 15) is 0 Å². The molecule has 4 rings (SSSR count). The molecule has 0 unspecified atom stereocenters. The maximum atomic E-state index is 6.00. The van der Waals surface area contributed by atoms with Gasteiger partial charge >= 0.3 is 0 Å². The molecule has 7 heteroatoms. The number of hydrogen-bond acceptors (Lipinski definition) is 6. The van der Waals surface area contributed by atoms with Crippen molar-refractivity contribution in [1.82, 2.24) is 19.9 Å². The summed E-state index contributed by atoms with van der Waals surface area (Å²) in [6, 6.07) is 17.8. The molecule has 0 saturated carbocycles. The van der Waals surface area contributed by atoms with Crippen LogP contribution >= 0.6 is 11.6 Å². The summed E-state index contributed by atoms with van der Waals surface area (Å²) in [6.07, 6.45) is 3.46. The van der Waals surface area contributed by atoms with Gasteiger partial charge in [0.1, 0.15) is 11.6 Å². The summed E-state index contributed by atoms with van der Waals surface area (Å²) in [7, 11) is 0. The summed E-state index contributed by atoms with van der Waals surface area (Å²) in [5, 5.41) is 4.18. The molecule has 0 aliphatic rings. The van der Waals surface area contributed by atoms with Crippen LogP contribution in [0.3, 0.4) is 0 Å². The van der Waals surface area contributed by atoms with Crippen LogP contribution in [0.2, 0.25) is 5.02 Å². The number of halogens is 1. The first-order valence-corrected chi connectivity index (χ1v) is 9.92. The Balaban J connectivity index is 1.58. The molecular weight excluding hydrogens is 396 g/mol. The van der Waals surface area contributed by atoms with Gasteiger partial charge in [-0.2, -0.15) is 0 Å². The van der Waals surface area contributed by atoms with E-state index in [1.807, 2.05) is 49.4 Å². The number of nitrogen functional groups attached to an aromatic ring is 1. The van der Waals surface area contributed by atoms with E-state index in [1.54, 1.807) is 12.4 Å². The highest BCUT2D eigenvalue weighted by Gasteiger charge is 2.11. The molecule has 0 saturated heterocycles. The maximum Gasteiger partial charge on any atom is 0.219 e. The topological polar surface area (TPSA) is 89.6 Å². The van der Waals surface area contributed by atoms with Crippen LogP contribution in [-0.4, -0.2) is 19.9 Å². The summed E-state index contributed by atoms with van der Waals surface area (Å²) in [6.45, 7) is 3.98. The highest BCUT2D eigenvalue weighted by molar-refractivity contribution is 6.30. The lowest BCUT2D eigenvalue weighted by Crippen LogP contribution is -2.09. The van der Waals surface area contributed by atoms with Crippen LogP contribution in [0, 0.1) is 6.92 Å². The molecule has 0 bridgehead atoms. The Hall–Kier alpha value is -3.51. The first-order chi connectivity index (χ1) is 14.5. The molecule has 0 spiro atoms. The Morgan fingerprint density at radius 1 is 0.900 bits per heavy atom. The van der Waals surface area contributed by atoms with Crippen molar-refractivity contribution in [1.29, 1.82) is 0 Å². The van der Waals surface area contributed by atoms with E-state index in [2.05, 4.69) is 44.3 Å². The largest absolute Gasteiger partial charge is 0.368 e. The Morgan fingerprint density at radius 2 is 1.63 bits per heavy atom. The highest BCUT2D eigenvalue weighted by Crippen LogP contribution is 2.26. The second-order valence-corrected chi connectivity index (χ2v) is 7.45. The van der Waals surface area contributed by atoms with Gasteiger partial charge in [0.15, 0.2) is 0 Å². The highest BCUT2D eigenvalue weighted by atomic mass is 35.5. The Morgan fingerprint density at radius 3 is 2.37 bits per heavy atom. The minimum absolute atomic E-state index is 0.0343. The van der Waals surface area contributed by atoms with Crippen molar-refractivity contribution in [2.24, 2.45) is 0 Å². The number of aryl methyl sites for hydroxylation is 1. The molecule has 2 aromatic carbocycles. The monoisotopic (exact) mass is 416 g/mol. The number of benzene rings is 2. The molecule has 4 aromatic rings. The molecule has 0 amide bonds. The van der Waals surface area contributed by atoms with Crippen LogP contribution in [0.25, 0.3) is 22.4 Å². The summed E-state index contributed by atoms with van der Waals surface area (Å²) < 4.78 is 0. The van der Waals surface area contributed by atoms with Crippen LogP contribution < -0.4 is 11.1 Å². The zero-order chi connectivity index (χ0) is 21.1. The number of aromatic nitrogens is 4. The third kappa shape index (κ3) is 4.55. The van der Waals surface area contributed by atoms with Crippen LogP contribution in [-0.2, 0) is 0 Å². The fourth-order valence-electron chi connectivity index (χ4n) is 3.19. The van der Waals surface area contributed by atoms with Crippen molar-refractivity contribution in [3.8, 4) is 22.4 Å². The van der Waals surface area contributed by atoms with Gasteiger partial charge in [0.25, 0.3) is 0 Å². The second-order valence-electron chi connectivity index (χ2n) is 7.01. The van der Waals surface area contributed by atoms with Gasteiger partial charge in [-0.1, -0.05) is 41.9 Å². The van der Waals surface area contributed by atoms with Crippen LogP contribution in [0.5, 0.6) is 0 Å². The van der Waals surface area contributed by atoms with Crippen LogP contribution in [0.4, 0.5) is 11.8 Å². The number of hydrogen-bond donors (Lipinski definition) is 2. The molecule has 0 aliphatic heterocycles. The number of nitrogens with zero attached hydrogens (tertiary/aromatic N) is 4. The molecule has 0 aliphatic carbocycles. The first-order valence-electron chi connectivity index (χ1n) is 9.54. The lowest BCUT2D eigenvalue weighted by atomic mass is 10.0. The molecule has 150 valence electrons. The summed E-state index contributed by atoms with van der Waals surface area (Å²) in [5.41, 5.74) is 10.5. The lowest BCUT2D eigenvalue weighted by Gasteiger charge is -2.17. The maximum absolute atomic E-state index is 6.00. The first kappa shape index (κ1) is 19.8. The third-order valence-corrected chi connectivity index (χ3v) is 4.99. The normalized spacial score (nSPS) is 11.8. The molecule has 30 heavy (non-hydrogen) atoms. The van der Waals surface area contributed by atoms with Crippen molar-refractivity contribution >= 4 is 23.4 Å². The number of rotatable bonds is 5. The number of nitrogens with two attached hydrogens (primary N) is 1. The minimum Gasteiger partial charge on any atom is -0.368 e. The van der Waals surface area contributed by atoms with Crippen LogP contribution in [0.1, 0.15) is 24.4 Å². The number of nitrogens with one attached hydrogen (secondary N) is 1. The van der Waals surface area contributed by atoms with Crippen molar-refractivity contribution in [2.45, 2.75) is 19.9 Å². The zero-order valence-corrected chi connectivity index (χ0v) is 17.4. The molecule has 2 heterocycles. The summed E-state index contributed by atoms with van der Waals surface area (Å²) in [5.74, 6) is 1.73. The fourth-order valence-corrected chi connectivity index (χ4v) is 3.32. The predicted octanol–water partition coefficient (Wildman–Crippen LogP) is 5.32. The summed E-state index contributed by atoms with van der Waals surface area (Å²) in [4.78, 5) is 17.3. The average Bonchev–Trinajstić information content (AvgIpc) is 2.74. The van der Waals surface area contributed by atoms with E-state index >= 15 is 0 Å². The molecule has 3 N–H and O–H groups in total. The van der Waals surface area contributed by atoms with Gasteiger partial charge in [-0.05, 0) is 43.2 Å². The molecular formula is C23H21ClN6. The van der Waals surface area contributed by atoms with Crippen molar-refractivity contribution < 1.29 is 0 Å². The Labute approximate surface area is 180 Å². The fraction of sp³-hybridized carbons (Fsp3) is 0.130. The molecule has 1 atom stereocenters. The standard InChI is InChI=1S/C23H21ClN6/c1-14(17-4-3-5-18(10-17)19-12-26-23(25)27-13-19)28-22-11-21(29-15(2)30-22)16-6-8-20(24)9-7-16/h3-14H,1-2H3,(H2,25,26,27)(H,28,29,30)/t14-/m0/s1. The molecule has 2 aromatic heterocycles. The second kappa shape index (κ2) is 8.47. The van der Waals surface area contributed by atoms with Gasteiger partial charge in [-0.25, -0.2) is 19.9 Å². The zero-order valence-electron chi connectivity index (χ0n) is 16.7. The minimum atomic E-state index is 0.0343. The molecule has 0 radical (unpaired) electrons. The van der Waals surface area contributed by atoms with Gasteiger partial charge < -0.3 is 11.1 Å². The third-order valence-electron chi connectivity index (χ3n) is 4.73. The molecule has 6 nitrogen and oxygen atoms in total. The van der Waals surface area contributed by atoms with E-state index in [-0.39, 0.29) is 12.0 Å². The van der Waals surface area contributed by atoms with Crippen molar-refractivity contribution in [2.75, 3.05) is 11.1 Å². The average molecular weight is 417 g/mol. The van der Waals surface area contributed by atoms with Gasteiger partial charge in [-0.15, -0.1) is 0 Å². The van der Waals surface area contributed by atoms with Crippen molar-refractivity contribution in [3.05, 3.63) is 83.4 Å². The van der Waals surface area contributed by atoms with Gasteiger partial charge in [0.05, 0.1) is 5.69 Å². The van der Waals surface area contributed by atoms with E-state index in [4.69, 9.17) is 17.3 Å². The van der Waals surface area contributed by atoms with E-state index in [0.29, 0.717) is 10.8 Å². The van der Waals surface area contributed by atoms with E-state index < -0.39 is 0 Å². The SMILES string of the molecule is Cc1nc(N[C@@H](C)c2cccc(-c3cnc(N)nc3)c2)cc(-c2ccc(Cl)cc2)n1. The number of anilines is 2. The Kier molecular flexibility index (Phi) is 5.59. The Bertz CT molecular complexity index is 1160. The van der Waals surface area contributed by atoms with Crippen molar-refractivity contribution in [3.63, 3.8) is 0 Å². The van der Waals surface area contributed by atoms with Gasteiger partial charge in [-0.3, -0.25) is 0 Å².